The lowest BCUT2D eigenvalue weighted by Crippen LogP contribution is -2.31. The van der Waals surface area contributed by atoms with Crippen LogP contribution in [0.15, 0.2) is 76.6 Å². The molecule has 1 aromatic heterocycles. The lowest BCUT2D eigenvalue weighted by Gasteiger charge is -2.36. The Morgan fingerprint density at radius 2 is 1.88 bits per heavy atom. The molecule has 0 aliphatic carbocycles. The first-order chi connectivity index (χ1) is 15.7. The fourth-order valence-electron chi connectivity index (χ4n) is 4.66. The van der Waals surface area contributed by atoms with E-state index >= 15 is 0 Å². The minimum Gasteiger partial charge on any atom is -0.493 e. The molecule has 0 saturated carbocycles. The Bertz CT molecular complexity index is 1400. The minimum absolute atomic E-state index is 0.0103. The molecule has 2 aliphatic rings. The first-order valence-electron chi connectivity index (χ1n) is 10.5. The van der Waals surface area contributed by atoms with Gasteiger partial charge in [-0.15, -0.1) is 11.8 Å². The fraction of sp³-hybridized carbons (Fsp3) is 0.200. The average molecular weight is 461 g/mol. The molecule has 3 heterocycles. The molecule has 1 N–H and O–H groups in total. The Labute approximate surface area is 193 Å². The van der Waals surface area contributed by atoms with Gasteiger partial charge in [-0.05, 0) is 17.5 Å². The Morgan fingerprint density at radius 3 is 2.81 bits per heavy atom. The maximum absolute atomic E-state index is 13.0. The van der Waals surface area contributed by atoms with Crippen molar-refractivity contribution in [3.8, 4) is 5.75 Å². The third-order valence-electron chi connectivity index (χ3n) is 6.13. The second kappa shape index (κ2) is 7.83. The number of hydrogen-bond donors (Lipinski definition) is 1. The molecule has 3 aromatic carbocycles. The average Bonchev–Trinajstić information content (AvgIpc) is 3.14. The Morgan fingerprint density at radius 1 is 1.06 bits per heavy atom. The summed E-state index contributed by atoms with van der Waals surface area (Å²) in [6.45, 7) is 0.665. The Kier molecular flexibility index (Phi) is 4.81. The van der Waals surface area contributed by atoms with Crippen LogP contribution in [0.25, 0.3) is 10.8 Å². The van der Waals surface area contributed by atoms with Crippen LogP contribution in [0, 0.1) is 5.92 Å². The van der Waals surface area contributed by atoms with Gasteiger partial charge in [0.1, 0.15) is 12.3 Å². The van der Waals surface area contributed by atoms with Crippen LogP contribution in [-0.2, 0) is 11.3 Å². The smallest absolute Gasteiger partial charge is 0.308 e. The SMILES string of the molecule is O=C(Cn1c2c(sc1=O)[C@@H]1c3ccccc3OC[C@@H]1CS2)Nc1cccc2ccccc12. The molecule has 2 aliphatic heterocycles. The number of amides is 1. The van der Waals surface area contributed by atoms with Crippen molar-refractivity contribution in [1.29, 1.82) is 0 Å². The van der Waals surface area contributed by atoms with Gasteiger partial charge in [0.05, 0.1) is 11.6 Å². The molecule has 7 heteroatoms. The van der Waals surface area contributed by atoms with Crippen LogP contribution < -0.4 is 14.9 Å². The van der Waals surface area contributed by atoms with Crippen LogP contribution in [0.1, 0.15) is 16.4 Å². The number of aromatic nitrogens is 1. The summed E-state index contributed by atoms with van der Waals surface area (Å²) in [5.41, 5.74) is 1.90. The highest BCUT2D eigenvalue weighted by Gasteiger charge is 2.39. The van der Waals surface area contributed by atoms with E-state index in [2.05, 4.69) is 11.4 Å². The number of fused-ring (bicyclic) bond motifs is 6. The molecule has 0 saturated heterocycles. The van der Waals surface area contributed by atoms with Gasteiger partial charge in [-0.1, -0.05) is 65.9 Å². The van der Waals surface area contributed by atoms with E-state index in [0.717, 1.165) is 43.4 Å². The van der Waals surface area contributed by atoms with E-state index in [4.69, 9.17) is 4.74 Å². The highest BCUT2D eigenvalue weighted by molar-refractivity contribution is 7.99. The molecule has 0 fully saturated rings. The van der Waals surface area contributed by atoms with Crippen molar-refractivity contribution < 1.29 is 9.53 Å². The molecule has 5 nitrogen and oxygen atoms in total. The zero-order valence-corrected chi connectivity index (χ0v) is 18.7. The van der Waals surface area contributed by atoms with Crippen LogP contribution in [0.5, 0.6) is 5.75 Å². The summed E-state index contributed by atoms with van der Waals surface area (Å²) in [6.07, 6.45) is 0. The predicted molar refractivity (Wildman–Crippen MR) is 129 cm³/mol. The van der Waals surface area contributed by atoms with Crippen LogP contribution in [0.4, 0.5) is 5.69 Å². The van der Waals surface area contributed by atoms with Gasteiger partial charge in [0.15, 0.2) is 0 Å². The largest absolute Gasteiger partial charge is 0.493 e. The molecule has 0 bridgehead atoms. The van der Waals surface area contributed by atoms with Gasteiger partial charge >= 0.3 is 4.87 Å². The maximum atomic E-state index is 13.0. The van der Waals surface area contributed by atoms with Crippen LogP contribution in [0.3, 0.4) is 0 Å². The second-order valence-corrected chi connectivity index (χ2v) is 10.1. The predicted octanol–water partition coefficient (Wildman–Crippen LogP) is 4.95. The highest BCUT2D eigenvalue weighted by atomic mass is 32.2. The van der Waals surface area contributed by atoms with Crippen molar-refractivity contribution in [3.63, 3.8) is 0 Å². The number of rotatable bonds is 3. The van der Waals surface area contributed by atoms with Gasteiger partial charge in [0, 0.05) is 39.1 Å². The summed E-state index contributed by atoms with van der Waals surface area (Å²) in [4.78, 5) is 26.9. The monoisotopic (exact) mass is 460 g/mol. The zero-order valence-electron chi connectivity index (χ0n) is 17.1. The standard InChI is InChI=1S/C25H20N2O3S2/c28-21(26-19-10-5-7-15-6-1-2-8-17(15)19)12-27-24-23(32-25(27)29)22-16(14-31-24)13-30-20-11-4-3-9-18(20)22/h1-11,16,22H,12-14H2,(H,26,28)/t16-,22+/m1/s1. The van der Waals surface area contributed by atoms with E-state index in [1.54, 1.807) is 16.3 Å². The molecule has 0 spiro atoms. The summed E-state index contributed by atoms with van der Waals surface area (Å²) in [5.74, 6) is 2.05. The molecule has 2 atom stereocenters. The number of benzene rings is 3. The zero-order chi connectivity index (χ0) is 21.7. The summed E-state index contributed by atoms with van der Waals surface area (Å²) in [5, 5.41) is 5.98. The van der Waals surface area contributed by atoms with Gasteiger partial charge in [-0.3, -0.25) is 14.2 Å². The second-order valence-electron chi connectivity index (χ2n) is 8.10. The van der Waals surface area contributed by atoms with Gasteiger partial charge in [0.25, 0.3) is 0 Å². The van der Waals surface area contributed by atoms with E-state index in [0.29, 0.717) is 12.5 Å². The number of thioether (sulfide) groups is 1. The van der Waals surface area contributed by atoms with E-state index in [1.165, 1.54) is 11.3 Å². The maximum Gasteiger partial charge on any atom is 0.308 e. The van der Waals surface area contributed by atoms with Crippen LogP contribution >= 0.6 is 23.1 Å². The number of carbonyl (C=O) groups excluding carboxylic acids is 1. The van der Waals surface area contributed by atoms with Crippen molar-refractivity contribution in [1.82, 2.24) is 4.57 Å². The fourth-order valence-corrected chi connectivity index (χ4v) is 7.35. The number of carbonyl (C=O) groups is 1. The van der Waals surface area contributed by atoms with Gasteiger partial charge in [-0.25, -0.2) is 0 Å². The third kappa shape index (κ3) is 3.24. The number of nitrogens with one attached hydrogen (secondary N) is 1. The molecule has 32 heavy (non-hydrogen) atoms. The van der Waals surface area contributed by atoms with E-state index in [-0.39, 0.29) is 23.2 Å². The van der Waals surface area contributed by atoms with Crippen LogP contribution in [0.2, 0.25) is 0 Å². The number of nitrogens with zero attached hydrogens (tertiary/aromatic N) is 1. The van der Waals surface area contributed by atoms with E-state index in [9.17, 15) is 9.59 Å². The Hall–Kier alpha value is -3.03. The molecule has 0 unspecified atom stereocenters. The molecule has 160 valence electrons. The van der Waals surface area contributed by atoms with Crippen molar-refractivity contribution in [2.24, 2.45) is 5.92 Å². The van der Waals surface area contributed by atoms with Gasteiger partial charge in [0.2, 0.25) is 5.91 Å². The van der Waals surface area contributed by atoms with Gasteiger partial charge in [-0.2, -0.15) is 0 Å². The normalized spacial score (nSPS) is 18.9. The number of thiazole rings is 1. The third-order valence-corrected chi connectivity index (χ3v) is 8.63. The Balaban J connectivity index is 1.32. The van der Waals surface area contributed by atoms with Crippen molar-refractivity contribution in [3.05, 3.63) is 86.8 Å². The van der Waals surface area contributed by atoms with Crippen molar-refractivity contribution in [2.75, 3.05) is 17.7 Å². The highest BCUT2D eigenvalue weighted by Crippen LogP contribution is 2.50. The number of hydrogen-bond acceptors (Lipinski definition) is 5. The van der Waals surface area contributed by atoms with Crippen molar-refractivity contribution >= 4 is 45.5 Å². The van der Waals surface area contributed by atoms with Gasteiger partial charge < -0.3 is 10.1 Å². The van der Waals surface area contributed by atoms with E-state index in [1.807, 2.05) is 60.7 Å². The number of ether oxygens (including phenoxy) is 1. The first-order valence-corrected chi connectivity index (χ1v) is 12.3. The molecular formula is C25H20N2O3S2. The summed E-state index contributed by atoms with van der Waals surface area (Å²) < 4.78 is 7.59. The summed E-state index contributed by atoms with van der Waals surface area (Å²) in [7, 11) is 0. The summed E-state index contributed by atoms with van der Waals surface area (Å²) >= 11 is 2.93. The quantitative estimate of drug-likeness (QED) is 0.470. The van der Waals surface area contributed by atoms with Crippen molar-refractivity contribution in [2.45, 2.75) is 17.5 Å². The van der Waals surface area contributed by atoms with Crippen LogP contribution in [-0.4, -0.2) is 22.8 Å². The lowest BCUT2D eigenvalue weighted by atomic mass is 9.84. The molecule has 6 rings (SSSR count). The molecule has 4 aromatic rings. The molecular weight excluding hydrogens is 440 g/mol. The number of para-hydroxylation sites is 1. The topological polar surface area (TPSA) is 60.3 Å². The minimum atomic E-state index is -0.195. The van der Waals surface area contributed by atoms with E-state index < -0.39 is 0 Å². The molecule has 0 radical (unpaired) electrons. The number of anilines is 1. The first kappa shape index (κ1) is 19.6. The summed E-state index contributed by atoms with van der Waals surface area (Å²) in [6, 6.07) is 21.8. The lowest BCUT2D eigenvalue weighted by molar-refractivity contribution is -0.116. The molecule has 1 amide bonds.